The van der Waals surface area contributed by atoms with Crippen molar-refractivity contribution >= 4 is 28.2 Å². The van der Waals surface area contributed by atoms with Crippen molar-refractivity contribution in [3.8, 4) is 5.75 Å². The van der Waals surface area contributed by atoms with Crippen molar-refractivity contribution in [1.29, 1.82) is 0 Å². The number of anilines is 1. The van der Waals surface area contributed by atoms with E-state index < -0.39 is 6.04 Å². The minimum atomic E-state index is -0.566. The number of carbonyl (C=O) groups excluding carboxylic acids is 1. The van der Waals surface area contributed by atoms with Crippen molar-refractivity contribution < 1.29 is 9.90 Å². The number of carbonyl (C=O) groups is 1. The summed E-state index contributed by atoms with van der Waals surface area (Å²) in [6.07, 6.45) is 2.46. The van der Waals surface area contributed by atoms with Crippen LogP contribution in [0.25, 0.3) is 10.9 Å². The van der Waals surface area contributed by atoms with Gasteiger partial charge in [0.1, 0.15) is 11.8 Å². The van der Waals surface area contributed by atoms with Crippen LogP contribution >= 0.6 is 0 Å². The van der Waals surface area contributed by atoms with Crippen LogP contribution < -0.4 is 4.90 Å². The minimum Gasteiger partial charge on any atom is -0.508 e. The number of para-hydroxylation sites is 1. The van der Waals surface area contributed by atoms with E-state index >= 15 is 0 Å². The molecule has 2 heterocycles. The zero-order valence-corrected chi connectivity index (χ0v) is 17.2. The first-order valence-electron chi connectivity index (χ1n) is 10.5. The highest BCUT2D eigenvalue weighted by Gasteiger charge is 2.32. The summed E-state index contributed by atoms with van der Waals surface area (Å²) in [5.74, 6) is 0.0676. The topological polar surface area (TPSA) is 68.7 Å². The molecule has 0 bridgehead atoms. The molecule has 31 heavy (non-hydrogen) atoms. The van der Waals surface area contributed by atoms with E-state index in [0.29, 0.717) is 18.7 Å². The van der Waals surface area contributed by atoms with Crippen LogP contribution in [0.15, 0.2) is 84.0 Å². The second kappa shape index (κ2) is 7.76. The van der Waals surface area contributed by atoms with Crippen LogP contribution in [0.5, 0.6) is 5.75 Å². The van der Waals surface area contributed by atoms with E-state index in [1.807, 2.05) is 67.7 Å². The Bertz CT molecular complexity index is 1290. The summed E-state index contributed by atoms with van der Waals surface area (Å²) in [4.78, 5) is 23.6. The van der Waals surface area contributed by atoms with Gasteiger partial charge in [-0.05, 0) is 30.7 Å². The monoisotopic (exact) mass is 409 g/mol. The van der Waals surface area contributed by atoms with Gasteiger partial charge in [-0.1, -0.05) is 48.5 Å². The third-order valence-electron chi connectivity index (χ3n) is 5.81. The van der Waals surface area contributed by atoms with E-state index in [-0.39, 0.29) is 11.7 Å². The van der Waals surface area contributed by atoms with Gasteiger partial charge in [0.25, 0.3) is 5.91 Å². The van der Waals surface area contributed by atoms with E-state index in [9.17, 15) is 9.90 Å². The number of phenols is 1. The molecule has 154 valence electrons. The number of amides is 1. The smallest absolute Gasteiger partial charge is 0.252 e. The van der Waals surface area contributed by atoms with Gasteiger partial charge in [-0.3, -0.25) is 9.79 Å². The summed E-state index contributed by atoms with van der Waals surface area (Å²) in [5, 5.41) is 11.3. The lowest BCUT2D eigenvalue weighted by atomic mass is 10.00. The van der Waals surface area contributed by atoms with Crippen molar-refractivity contribution in [2.24, 2.45) is 4.99 Å². The number of benzene rings is 3. The summed E-state index contributed by atoms with van der Waals surface area (Å²) >= 11 is 0. The van der Waals surface area contributed by atoms with Crippen molar-refractivity contribution in [2.45, 2.75) is 19.4 Å². The first-order chi connectivity index (χ1) is 15.2. The Morgan fingerprint density at radius 3 is 2.61 bits per heavy atom. The molecule has 0 radical (unpaired) electrons. The largest absolute Gasteiger partial charge is 0.508 e. The molecule has 3 aromatic carbocycles. The van der Waals surface area contributed by atoms with Gasteiger partial charge in [-0.15, -0.1) is 0 Å². The molecule has 1 aliphatic rings. The number of aliphatic imine (C=N–C) groups is 1. The van der Waals surface area contributed by atoms with Crippen molar-refractivity contribution in [3.63, 3.8) is 0 Å². The van der Waals surface area contributed by atoms with E-state index in [0.717, 1.165) is 33.3 Å². The number of hydrogen-bond acceptors (Lipinski definition) is 3. The van der Waals surface area contributed by atoms with Gasteiger partial charge in [-0.25, -0.2) is 0 Å². The van der Waals surface area contributed by atoms with Crippen LogP contribution in [-0.2, 0) is 11.2 Å². The number of rotatable bonds is 4. The molecular weight excluding hydrogens is 386 g/mol. The number of benzodiazepines with no additional fused rings is 1. The molecule has 0 saturated heterocycles. The molecule has 5 heteroatoms. The van der Waals surface area contributed by atoms with Crippen molar-refractivity contribution in [1.82, 2.24) is 4.98 Å². The number of nitrogens with zero attached hydrogens (tertiary/aromatic N) is 2. The molecule has 1 unspecified atom stereocenters. The van der Waals surface area contributed by atoms with Gasteiger partial charge in [0.15, 0.2) is 0 Å². The van der Waals surface area contributed by atoms with Gasteiger partial charge in [0.2, 0.25) is 0 Å². The zero-order chi connectivity index (χ0) is 21.4. The zero-order valence-electron chi connectivity index (χ0n) is 17.2. The molecule has 0 saturated carbocycles. The normalized spacial score (nSPS) is 16.2. The number of hydrogen-bond donors (Lipinski definition) is 2. The molecule has 1 aliphatic heterocycles. The fourth-order valence-electron chi connectivity index (χ4n) is 4.32. The number of phenolic OH excluding ortho intramolecular Hbond substituents is 1. The lowest BCUT2D eigenvalue weighted by Gasteiger charge is -2.24. The Labute approximate surface area is 180 Å². The summed E-state index contributed by atoms with van der Waals surface area (Å²) in [7, 11) is 0. The van der Waals surface area contributed by atoms with E-state index in [1.165, 1.54) is 0 Å². The van der Waals surface area contributed by atoms with Crippen molar-refractivity contribution in [3.05, 3.63) is 95.7 Å². The molecular formula is C26H23N3O2. The second-order valence-electron chi connectivity index (χ2n) is 7.71. The number of aromatic nitrogens is 1. The Morgan fingerprint density at radius 1 is 1.03 bits per heavy atom. The van der Waals surface area contributed by atoms with Crippen LogP contribution in [-0.4, -0.2) is 34.3 Å². The molecule has 4 aromatic rings. The Morgan fingerprint density at radius 2 is 1.81 bits per heavy atom. The summed E-state index contributed by atoms with van der Waals surface area (Å²) in [5.41, 5.74) is 5.37. The minimum absolute atomic E-state index is 0.0643. The van der Waals surface area contributed by atoms with Crippen LogP contribution in [0.2, 0.25) is 0 Å². The van der Waals surface area contributed by atoms with Crippen LogP contribution in [0, 0.1) is 0 Å². The highest BCUT2D eigenvalue weighted by atomic mass is 16.3. The first kappa shape index (κ1) is 19.1. The molecule has 2 N–H and O–H groups in total. The fourth-order valence-corrected chi connectivity index (χ4v) is 4.32. The lowest BCUT2D eigenvalue weighted by Crippen LogP contribution is -2.38. The summed E-state index contributed by atoms with van der Waals surface area (Å²) in [6, 6.07) is 22.6. The average molecular weight is 409 g/mol. The van der Waals surface area contributed by atoms with Gasteiger partial charge in [-0.2, -0.15) is 0 Å². The quantitative estimate of drug-likeness (QED) is 0.513. The van der Waals surface area contributed by atoms with Crippen LogP contribution in [0.4, 0.5) is 5.69 Å². The third-order valence-corrected chi connectivity index (χ3v) is 5.81. The number of nitrogens with one attached hydrogen (secondary N) is 1. The number of fused-ring (bicyclic) bond motifs is 2. The molecule has 0 spiro atoms. The fraction of sp³-hybridized carbons (Fsp3) is 0.154. The maximum Gasteiger partial charge on any atom is 0.252 e. The Balaban J connectivity index is 1.67. The van der Waals surface area contributed by atoms with Crippen molar-refractivity contribution in [2.75, 3.05) is 11.4 Å². The van der Waals surface area contributed by atoms with E-state index in [1.54, 1.807) is 17.0 Å². The van der Waals surface area contributed by atoms with Crippen LogP contribution in [0.3, 0.4) is 0 Å². The average Bonchev–Trinajstić information content (AvgIpc) is 3.16. The van der Waals surface area contributed by atoms with Gasteiger partial charge in [0.05, 0.1) is 11.4 Å². The molecule has 1 atom stereocenters. The Hall–Kier alpha value is -3.86. The van der Waals surface area contributed by atoms with E-state index in [2.05, 4.69) is 11.1 Å². The standard InChI is InChI=1S/C26H23N3O2/c1-2-29-24-15-19(30)12-13-21(24)25(17-8-4-3-5-9-17)28-23(26(29)31)14-18-16-27-22-11-7-6-10-20(18)22/h3-13,15-16,23,27,30H,2,14H2,1H3. The number of likely N-dealkylation sites (N-methyl/N-ethyl adjacent to an activating group) is 1. The predicted molar refractivity (Wildman–Crippen MR) is 124 cm³/mol. The Kier molecular flexibility index (Phi) is 4.79. The van der Waals surface area contributed by atoms with Gasteiger partial charge >= 0.3 is 0 Å². The summed E-state index contributed by atoms with van der Waals surface area (Å²) < 4.78 is 0. The number of H-pyrrole nitrogens is 1. The predicted octanol–water partition coefficient (Wildman–Crippen LogP) is 4.69. The highest BCUT2D eigenvalue weighted by Crippen LogP contribution is 2.32. The maximum atomic E-state index is 13.6. The molecule has 0 aliphatic carbocycles. The highest BCUT2D eigenvalue weighted by molar-refractivity contribution is 6.20. The van der Waals surface area contributed by atoms with E-state index in [4.69, 9.17) is 4.99 Å². The third kappa shape index (κ3) is 3.38. The van der Waals surface area contributed by atoms with Gasteiger partial charge in [0, 0.05) is 47.3 Å². The molecule has 1 aromatic heterocycles. The summed E-state index contributed by atoms with van der Waals surface area (Å²) in [6.45, 7) is 2.44. The maximum absolute atomic E-state index is 13.6. The van der Waals surface area contributed by atoms with Gasteiger partial charge < -0.3 is 15.0 Å². The lowest BCUT2D eigenvalue weighted by molar-refractivity contribution is -0.119. The molecule has 0 fully saturated rings. The second-order valence-corrected chi connectivity index (χ2v) is 7.71. The SMILES string of the molecule is CCN1C(=O)C(Cc2c[nH]c3ccccc23)N=C(c2ccccc2)c2ccc(O)cc21. The first-order valence-corrected chi connectivity index (χ1v) is 10.5. The molecule has 1 amide bonds. The number of aromatic amines is 1. The molecule has 5 rings (SSSR count). The number of aromatic hydroxyl groups is 1. The molecule has 5 nitrogen and oxygen atoms in total. The van der Waals surface area contributed by atoms with Crippen LogP contribution in [0.1, 0.15) is 23.6 Å².